The van der Waals surface area contributed by atoms with Crippen LogP contribution in [0.15, 0.2) is 53.4 Å². The lowest BCUT2D eigenvalue weighted by atomic mass is 10.0. The van der Waals surface area contributed by atoms with Crippen LogP contribution in [0.25, 0.3) is 0 Å². The number of benzene rings is 2. The van der Waals surface area contributed by atoms with E-state index in [0.29, 0.717) is 40.8 Å². The zero-order chi connectivity index (χ0) is 27.2. The Hall–Kier alpha value is -3.34. The third-order valence-corrected chi connectivity index (χ3v) is 8.29. The quantitative estimate of drug-likeness (QED) is 0.291. The van der Waals surface area contributed by atoms with Gasteiger partial charge in [0.05, 0.1) is 31.4 Å². The Morgan fingerprint density at radius 2 is 1.84 bits per heavy atom. The second-order valence-electron chi connectivity index (χ2n) is 8.61. The molecule has 0 unspecified atom stereocenters. The number of carbonyl (C=O) groups is 4. The maximum absolute atomic E-state index is 12.8. The second-order valence-corrected chi connectivity index (χ2v) is 11.2. The van der Waals surface area contributed by atoms with Crippen molar-refractivity contribution in [3.05, 3.63) is 75.1 Å². The molecule has 11 heteroatoms. The number of hydrogen-bond acceptors (Lipinski definition) is 7. The smallest absolute Gasteiger partial charge is 0.341 e. The first kappa shape index (κ1) is 27.7. The number of nitrogens with one attached hydrogen (secondary N) is 2. The van der Waals surface area contributed by atoms with Crippen LogP contribution < -0.4 is 10.6 Å². The van der Waals surface area contributed by atoms with Gasteiger partial charge in [-0.1, -0.05) is 29.8 Å². The number of rotatable bonds is 8. The number of thioether (sulfide) groups is 1. The molecule has 8 nitrogen and oxygen atoms in total. The molecule has 4 rings (SSSR count). The summed E-state index contributed by atoms with van der Waals surface area (Å²) in [6.07, 6.45) is 0.742. The van der Waals surface area contributed by atoms with Crippen LogP contribution >= 0.6 is 34.7 Å². The molecule has 0 spiro atoms. The molecule has 1 aliphatic heterocycles. The largest absolute Gasteiger partial charge is 0.465 e. The molecule has 198 valence electrons. The first-order chi connectivity index (χ1) is 18.2. The van der Waals surface area contributed by atoms with E-state index < -0.39 is 5.97 Å². The lowest BCUT2D eigenvalue weighted by Crippen LogP contribution is -2.33. The highest BCUT2D eigenvalue weighted by molar-refractivity contribution is 8.00. The van der Waals surface area contributed by atoms with Gasteiger partial charge in [0, 0.05) is 34.0 Å². The van der Waals surface area contributed by atoms with Gasteiger partial charge in [-0.15, -0.1) is 23.1 Å². The molecule has 2 heterocycles. The van der Waals surface area contributed by atoms with Gasteiger partial charge in [-0.05, 0) is 47.9 Å². The third kappa shape index (κ3) is 6.94. The average molecular weight is 572 g/mol. The van der Waals surface area contributed by atoms with Crippen molar-refractivity contribution in [2.24, 2.45) is 0 Å². The molecule has 0 saturated heterocycles. The van der Waals surface area contributed by atoms with Gasteiger partial charge < -0.3 is 20.3 Å². The van der Waals surface area contributed by atoms with E-state index in [9.17, 15) is 19.2 Å². The number of nitrogens with zero attached hydrogens (tertiary/aromatic N) is 1. The van der Waals surface area contributed by atoms with Crippen molar-refractivity contribution in [3.63, 3.8) is 0 Å². The van der Waals surface area contributed by atoms with Gasteiger partial charge in [0.2, 0.25) is 17.7 Å². The minimum Gasteiger partial charge on any atom is -0.465 e. The van der Waals surface area contributed by atoms with E-state index in [2.05, 4.69) is 10.6 Å². The Balaban J connectivity index is 1.37. The van der Waals surface area contributed by atoms with Crippen molar-refractivity contribution in [2.45, 2.75) is 31.2 Å². The van der Waals surface area contributed by atoms with E-state index in [-0.39, 0.29) is 29.9 Å². The summed E-state index contributed by atoms with van der Waals surface area (Å²) < 4.78 is 4.96. The number of amides is 3. The predicted molar refractivity (Wildman–Crippen MR) is 150 cm³/mol. The standard InChI is InChI=1S/C27H26ClN3O5S2/c1-16(32)31-11-10-21-22(14-31)38-26(25(21)27(35)36-2)30-24(34)15-37-20-5-3-4-19(13-20)29-23(33)12-17-6-8-18(28)9-7-17/h3-9,13H,10-12,14-15H2,1-2H3,(H,29,33)(H,30,34). The number of hydrogen-bond donors (Lipinski definition) is 2. The van der Waals surface area contributed by atoms with Crippen molar-refractivity contribution in [1.29, 1.82) is 0 Å². The minimum atomic E-state index is -0.510. The number of carbonyl (C=O) groups excluding carboxylic acids is 4. The number of esters is 1. The molecule has 0 atom stereocenters. The molecule has 3 aromatic rings. The van der Waals surface area contributed by atoms with Crippen LogP contribution in [0.3, 0.4) is 0 Å². The van der Waals surface area contributed by atoms with E-state index in [1.165, 1.54) is 37.1 Å². The predicted octanol–water partition coefficient (Wildman–Crippen LogP) is 5.00. The molecule has 38 heavy (non-hydrogen) atoms. The fourth-order valence-corrected chi connectivity index (χ4v) is 6.19. The summed E-state index contributed by atoms with van der Waals surface area (Å²) in [4.78, 5) is 52.9. The first-order valence-corrected chi connectivity index (χ1v) is 14.0. The fraction of sp³-hybridized carbons (Fsp3) is 0.259. The Bertz CT molecular complexity index is 1370. The summed E-state index contributed by atoms with van der Waals surface area (Å²) in [5.41, 5.74) is 2.66. The molecule has 0 aliphatic carbocycles. The minimum absolute atomic E-state index is 0.0333. The highest BCUT2D eigenvalue weighted by atomic mass is 35.5. The van der Waals surface area contributed by atoms with Crippen LogP contribution in [0, 0.1) is 0 Å². The number of methoxy groups -OCH3 is 1. The van der Waals surface area contributed by atoms with Crippen LogP contribution in [-0.2, 0) is 38.5 Å². The summed E-state index contributed by atoms with van der Waals surface area (Å²) in [7, 11) is 1.31. The number of halogens is 1. The molecule has 0 radical (unpaired) electrons. The summed E-state index contributed by atoms with van der Waals surface area (Å²) in [6.45, 7) is 2.43. The van der Waals surface area contributed by atoms with Gasteiger partial charge in [-0.2, -0.15) is 0 Å². The molecular weight excluding hydrogens is 546 g/mol. The molecule has 1 aliphatic rings. The van der Waals surface area contributed by atoms with Gasteiger partial charge in [0.1, 0.15) is 5.00 Å². The molecular formula is C27H26ClN3O5S2. The monoisotopic (exact) mass is 571 g/mol. The molecule has 0 fully saturated rings. The Kier molecular flexibility index (Phi) is 9.09. The number of anilines is 2. The second kappa shape index (κ2) is 12.5. The molecule has 0 saturated carbocycles. The zero-order valence-corrected chi connectivity index (χ0v) is 23.2. The van der Waals surface area contributed by atoms with Crippen LogP contribution in [0.1, 0.15) is 33.3 Å². The fourth-order valence-electron chi connectivity index (χ4n) is 4.05. The maximum Gasteiger partial charge on any atom is 0.341 e. The molecule has 1 aromatic heterocycles. The molecule has 2 N–H and O–H groups in total. The lowest BCUT2D eigenvalue weighted by molar-refractivity contribution is -0.129. The highest BCUT2D eigenvalue weighted by Gasteiger charge is 2.30. The van der Waals surface area contributed by atoms with Gasteiger partial charge >= 0.3 is 5.97 Å². The normalized spacial score (nSPS) is 12.4. The van der Waals surface area contributed by atoms with E-state index in [0.717, 1.165) is 20.9 Å². The number of thiophene rings is 1. The van der Waals surface area contributed by atoms with Gasteiger partial charge in [-0.3, -0.25) is 14.4 Å². The van der Waals surface area contributed by atoms with Crippen LogP contribution in [-0.4, -0.2) is 48.0 Å². The van der Waals surface area contributed by atoms with E-state index >= 15 is 0 Å². The molecule has 0 bridgehead atoms. The lowest BCUT2D eigenvalue weighted by Gasteiger charge is -2.25. The zero-order valence-electron chi connectivity index (χ0n) is 20.8. The molecule has 2 aromatic carbocycles. The van der Waals surface area contributed by atoms with Gasteiger partial charge in [0.15, 0.2) is 0 Å². The third-order valence-electron chi connectivity index (χ3n) is 5.91. The average Bonchev–Trinajstić information content (AvgIpc) is 3.25. The van der Waals surface area contributed by atoms with Crippen LogP contribution in [0.5, 0.6) is 0 Å². The summed E-state index contributed by atoms with van der Waals surface area (Å²) >= 11 is 8.50. The van der Waals surface area contributed by atoms with Crippen molar-refractivity contribution in [2.75, 3.05) is 30.0 Å². The van der Waals surface area contributed by atoms with Crippen molar-refractivity contribution < 1.29 is 23.9 Å². The van der Waals surface area contributed by atoms with E-state index in [1.807, 2.05) is 24.3 Å². The van der Waals surface area contributed by atoms with E-state index in [4.69, 9.17) is 16.3 Å². The Morgan fingerprint density at radius 3 is 2.55 bits per heavy atom. The van der Waals surface area contributed by atoms with Crippen LogP contribution in [0.2, 0.25) is 5.02 Å². The maximum atomic E-state index is 12.8. The van der Waals surface area contributed by atoms with Gasteiger partial charge in [-0.25, -0.2) is 4.79 Å². The number of fused-ring (bicyclic) bond motifs is 1. The Labute approximate surface area is 233 Å². The molecule has 3 amide bonds. The summed E-state index contributed by atoms with van der Waals surface area (Å²) in [5, 5.41) is 6.77. The van der Waals surface area contributed by atoms with Crippen LogP contribution in [0.4, 0.5) is 10.7 Å². The number of ether oxygens (including phenoxy) is 1. The van der Waals surface area contributed by atoms with Gasteiger partial charge in [0.25, 0.3) is 0 Å². The first-order valence-electron chi connectivity index (χ1n) is 11.8. The van der Waals surface area contributed by atoms with E-state index in [1.54, 1.807) is 29.2 Å². The van der Waals surface area contributed by atoms with Crippen molar-refractivity contribution in [1.82, 2.24) is 4.90 Å². The topological polar surface area (TPSA) is 105 Å². The SMILES string of the molecule is COC(=O)c1c(NC(=O)CSc2cccc(NC(=O)Cc3ccc(Cl)cc3)c2)sc2c1CCN(C(C)=O)C2. The highest BCUT2D eigenvalue weighted by Crippen LogP contribution is 2.38. The van der Waals surface area contributed by atoms with Crippen molar-refractivity contribution >= 4 is 69.1 Å². The van der Waals surface area contributed by atoms with Crippen molar-refractivity contribution in [3.8, 4) is 0 Å². The summed E-state index contributed by atoms with van der Waals surface area (Å²) in [6, 6.07) is 14.3. The Morgan fingerprint density at radius 1 is 1.08 bits per heavy atom. The summed E-state index contributed by atoms with van der Waals surface area (Å²) in [5.74, 6) is -0.880.